The number of hydrogen-bond acceptors (Lipinski definition) is 4. The van der Waals surface area contributed by atoms with Crippen molar-refractivity contribution in [3.63, 3.8) is 0 Å². The van der Waals surface area contributed by atoms with Crippen LogP contribution in [0.2, 0.25) is 0 Å². The van der Waals surface area contributed by atoms with Crippen LogP contribution in [-0.2, 0) is 6.54 Å². The summed E-state index contributed by atoms with van der Waals surface area (Å²) in [5.41, 5.74) is 0.748. The quantitative estimate of drug-likeness (QED) is 0.343. The molecule has 1 saturated heterocycles. The number of para-hydroxylation sites is 1. The Hall–Kier alpha value is -2.15. The summed E-state index contributed by atoms with van der Waals surface area (Å²) in [6, 6.07) is 7.17. The average Bonchev–Trinajstić information content (AvgIpc) is 2.62. The van der Waals surface area contributed by atoms with Gasteiger partial charge in [0.15, 0.2) is 5.96 Å². The number of rotatable bonds is 7. The van der Waals surface area contributed by atoms with Gasteiger partial charge in [0.1, 0.15) is 0 Å². The van der Waals surface area contributed by atoms with Crippen LogP contribution >= 0.6 is 0 Å². The summed E-state index contributed by atoms with van der Waals surface area (Å²) in [6.07, 6.45) is 3.38. The Kier molecular flexibility index (Phi) is 7.66. The van der Waals surface area contributed by atoms with Gasteiger partial charge in [-0.2, -0.15) is 0 Å². The highest BCUT2D eigenvalue weighted by Crippen LogP contribution is 2.18. The van der Waals surface area contributed by atoms with E-state index < -0.39 is 0 Å². The largest absolute Gasteiger partial charge is 0.357 e. The molecule has 0 unspecified atom stereocenters. The number of benzene rings is 1. The zero-order valence-corrected chi connectivity index (χ0v) is 15.2. The Balaban J connectivity index is 1.96. The van der Waals surface area contributed by atoms with Crippen molar-refractivity contribution < 1.29 is 4.92 Å². The highest BCUT2D eigenvalue weighted by molar-refractivity contribution is 5.80. The minimum Gasteiger partial charge on any atom is -0.357 e. The van der Waals surface area contributed by atoms with Crippen molar-refractivity contribution in [2.24, 2.45) is 4.99 Å². The third-order valence-electron chi connectivity index (χ3n) is 4.41. The van der Waals surface area contributed by atoms with Crippen molar-refractivity contribution in [2.45, 2.75) is 45.7 Å². The molecule has 0 atom stereocenters. The first-order chi connectivity index (χ1) is 12.1. The predicted molar refractivity (Wildman–Crippen MR) is 101 cm³/mol. The van der Waals surface area contributed by atoms with Crippen LogP contribution in [-0.4, -0.2) is 48.0 Å². The fourth-order valence-electron chi connectivity index (χ4n) is 3.12. The number of hydrogen-bond donors (Lipinski definition) is 2. The van der Waals surface area contributed by atoms with Crippen LogP contribution in [0.1, 0.15) is 38.7 Å². The first-order valence-corrected chi connectivity index (χ1v) is 9.13. The highest BCUT2D eigenvalue weighted by atomic mass is 16.6. The summed E-state index contributed by atoms with van der Waals surface area (Å²) in [5.74, 6) is 0.731. The summed E-state index contributed by atoms with van der Waals surface area (Å²) in [6.45, 7) is 8.66. The van der Waals surface area contributed by atoms with E-state index >= 15 is 0 Å². The molecule has 1 fully saturated rings. The smallest absolute Gasteiger partial charge is 0.274 e. The second kappa shape index (κ2) is 9.98. The minimum atomic E-state index is -0.353. The Bertz CT molecular complexity index is 583. The van der Waals surface area contributed by atoms with Crippen LogP contribution in [0, 0.1) is 10.1 Å². The minimum absolute atomic E-state index is 0.120. The summed E-state index contributed by atoms with van der Waals surface area (Å²) in [4.78, 5) is 17.8. The highest BCUT2D eigenvalue weighted by Gasteiger charge is 2.19. The molecular weight excluding hydrogens is 318 g/mol. The molecule has 1 heterocycles. The van der Waals surface area contributed by atoms with Crippen LogP contribution in [0.3, 0.4) is 0 Å². The van der Waals surface area contributed by atoms with Crippen molar-refractivity contribution in [1.82, 2.24) is 15.5 Å². The number of nitro benzene ring substituents is 1. The molecule has 7 heteroatoms. The predicted octanol–water partition coefficient (Wildman–Crippen LogP) is 2.52. The van der Waals surface area contributed by atoms with Crippen molar-refractivity contribution in [1.29, 1.82) is 0 Å². The van der Waals surface area contributed by atoms with E-state index in [0.717, 1.165) is 38.4 Å². The van der Waals surface area contributed by atoms with Gasteiger partial charge in [0.2, 0.25) is 0 Å². The lowest BCUT2D eigenvalue weighted by Gasteiger charge is -2.32. The monoisotopic (exact) mass is 347 g/mol. The zero-order chi connectivity index (χ0) is 18.1. The topological polar surface area (TPSA) is 82.8 Å². The molecule has 1 aliphatic rings. The van der Waals surface area contributed by atoms with E-state index in [-0.39, 0.29) is 10.6 Å². The van der Waals surface area contributed by atoms with Gasteiger partial charge < -0.3 is 15.5 Å². The maximum absolute atomic E-state index is 11.1. The van der Waals surface area contributed by atoms with Crippen molar-refractivity contribution in [3.05, 3.63) is 39.9 Å². The molecule has 1 aromatic carbocycles. The van der Waals surface area contributed by atoms with E-state index in [2.05, 4.69) is 27.4 Å². The van der Waals surface area contributed by atoms with Crippen molar-refractivity contribution in [3.8, 4) is 0 Å². The summed E-state index contributed by atoms with van der Waals surface area (Å²) in [5, 5.41) is 17.8. The molecule has 1 aromatic rings. The Morgan fingerprint density at radius 1 is 1.32 bits per heavy atom. The molecule has 0 radical (unpaired) electrons. The third kappa shape index (κ3) is 6.01. The third-order valence-corrected chi connectivity index (χ3v) is 4.41. The first kappa shape index (κ1) is 19.2. The Morgan fingerprint density at radius 2 is 2.04 bits per heavy atom. The molecule has 0 aromatic heterocycles. The number of nitrogens with zero attached hydrogens (tertiary/aromatic N) is 3. The molecule has 138 valence electrons. The Morgan fingerprint density at radius 3 is 2.68 bits per heavy atom. The van der Waals surface area contributed by atoms with E-state index in [1.54, 1.807) is 12.1 Å². The molecule has 0 bridgehead atoms. The number of nitrogens with one attached hydrogen (secondary N) is 2. The Labute approximate surface area is 149 Å². The fourth-order valence-corrected chi connectivity index (χ4v) is 3.12. The van der Waals surface area contributed by atoms with Gasteiger partial charge in [-0.1, -0.05) is 25.1 Å². The van der Waals surface area contributed by atoms with Crippen LogP contribution in [0.4, 0.5) is 5.69 Å². The van der Waals surface area contributed by atoms with Crippen LogP contribution in [0.5, 0.6) is 0 Å². The van der Waals surface area contributed by atoms with Gasteiger partial charge in [0.05, 0.1) is 17.0 Å². The lowest BCUT2D eigenvalue weighted by molar-refractivity contribution is -0.385. The van der Waals surface area contributed by atoms with Crippen LogP contribution in [0.25, 0.3) is 0 Å². The zero-order valence-electron chi connectivity index (χ0n) is 15.2. The molecule has 0 saturated carbocycles. The number of piperidine rings is 1. The van der Waals surface area contributed by atoms with Gasteiger partial charge in [-0.3, -0.25) is 10.1 Å². The molecule has 2 N–H and O–H groups in total. The van der Waals surface area contributed by atoms with Crippen LogP contribution in [0.15, 0.2) is 29.3 Å². The summed E-state index contributed by atoms with van der Waals surface area (Å²) in [7, 11) is 0. The second-order valence-corrected chi connectivity index (χ2v) is 6.34. The van der Waals surface area contributed by atoms with E-state index in [0.29, 0.717) is 18.2 Å². The van der Waals surface area contributed by atoms with Crippen molar-refractivity contribution >= 4 is 11.6 Å². The number of aliphatic imine (C=N–C) groups is 1. The van der Waals surface area contributed by atoms with Gasteiger partial charge in [-0.15, -0.1) is 0 Å². The maximum atomic E-state index is 11.1. The lowest BCUT2D eigenvalue weighted by atomic mass is 10.1. The number of guanidine groups is 1. The van der Waals surface area contributed by atoms with Gasteiger partial charge >= 0.3 is 0 Å². The van der Waals surface area contributed by atoms with Gasteiger partial charge in [-0.25, -0.2) is 4.99 Å². The SMILES string of the molecule is CCCN1CCC(NC(=NCc2ccccc2[N+](=O)[O-])NCC)CC1. The van der Waals surface area contributed by atoms with E-state index in [9.17, 15) is 10.1 Å². The average molecular weight is 347 g/mol. The standard InChI is InChI=1S/C18H29N5O2/c1-3-11-22-12-9-16(10-13-22)21-18(19-4-2)20-14-15-7-5-6-8-17(15)23(24)25/h5-8,16H,3-4,9-14H2,1-2H3,(H2,19,20,21). The van der Waals surface area contributed by atoms with Crippen LogP contribution < -0.4 is 10.6 Å². The lowest BCUT2D eigenvalue weighted by Crippen LogP contribution is -2.48. The second-order valence-electron chi connectivity index (χ2n) is 6.34. The molecule has 0 amide bonds. The maximum Gasteiger partial charge on any atom is 0.274 e. The molecule has 1 aliphatic heterocycles. The number of likely N-dealkylation sites (tertiary alicyclic amines) is 1. The van der Waals surface area contributed by atoms with Gasteiger partial charge in [0.25, 0.3) is 5.69 Å². The normalized spacial score (nSPS) is 16.6. The number of nitro groups is 1. The van der Waals surface area contributed by atoms with Gasteiger partial charge in [-0.05, 0) is 32.7 Å². The molecule has 0 spiro atoms. The van der Waals surface area contributed by atoms with Crippen molar-refractivity contribution in [2.75, 3.05) is 26.2 Å². The summed E-state index contributed by atoms with van der Waals surface area (Å²) >= 11 is 0. The van der Waals surface area contributed by atoms with E-state index in [4.69, 9.17) is 0 Å². The van der Waals surface area contributed by atoms with E-state index in [1.165, 1.54) is 19.0 Å². The first-order valence-electron chi connectivity index (χ1n) is 9.13. The summed E-state index contributed by atoms with van der Waals surface area (Å²) < 4.78 is 0. The van der Waals surface area contributed by atoms with E-state index in [1.807, 2.05) is 13.0 Å². The van der Waals surface area contributed by atoms with Gasteiger partial charge in [0, 0.05) is 31.7 Å². The fraction of sp³-hybridized carbons (Fsp3) is 0.611. The molecule has 2 rings (SSSR count). The molecular formula is C18H29N5O2. The molecule has 7 nitrogen and oxygen atoms in total. The molecule has 0 aliphatic carbocycles. The molecule has 25 heavy (non-hydrogen) atoms.